The maximum atomic E-state index is 9.12. The van der Waals surface area contributed by atoms with E-state index in [0.29, 0.717) is 23.6 Å². The average molecular weight is 266 g/mol. The molecule has 20 heavy (non-hydrogen) atoms. The predicted octanol–water partition coefficient (Wildman–Crippen LogP) is 1.58. The molecule has 0 saturated heterocycles. The fraction of sp³-hybridized carbons (Fsp3) is 0.214. The first-order valence-corrected chi connectivity index (χ1v) is 6.24. The molecule has 0 radical (unpaired) electrons. The number of nitrogen functional groups attached to an aromatic ring is 1. The highest BCUT2D eigenvalue weighted by Crippen LogP contribution is 2.22. The van der Waals surface area contributed by atoms with Gasteiger partial charge in [-0.2, -0.15) is 10.4 Å². The number of nitriles is 1. The van der Waals surface area contributed by atoms with E-state index in [-0.39, 0.29) is 0 Å². The molecule has 6 heteroatoms. The van der Waals surface area contributed by atoms with Crippen molar-refractivity contribution in [1.29, 1.82) is 5.26 Å². The van der Waals surface area contributed by atoms with Gasteiger partial charge < -0.3 is 10.3 Å². The molecule has 6 nitrogen and oxygen atoms in total. The molecule has 0 spiro atoms. The highest BCUT2D eigenvalue weighted by Gasteiger charge is 2.13. The molecule has 0 fully saturated rings. The van der Waals surface area contributed by atoms with E-state index in [0.717, 1.165) is 16.8 Å². The second kappa shape index (κ2) is 4.38. The van der Waals surface area contributed by atoms with E-state index in [1.165, 1.54) is 0 Å². The third-order valence-corrected chi connectivity index (χ3v) is 3.59. The van der Waals surface area contributed by atoms with Crippen molar-refractivity contribution in [2.45, 2.75) is 13.5 Å². The van der Waals surface area contributed by atoms with Gasteiger partial charge in [0.2, 0.25) is 5.95 Å². The summed E-state index contributed by atoms with van der Waals surface area (Å²) in [6.07, 6.45) is 1.83. The van der Waals surface area contributed by atoms with Gasteiger partial charge in [0.15, 0.2) is 0 Å². The molecule has 0 amide bonds. The normalized spacial score (nSPS) is 10.8. The van der Waals surface area contributed by atoms with Gasteiger partial charge in [0.1, 0.15) is 11.6 Å². The number of aryl methyl sites for hydroxylation is 1. The third kappa shape index (κ3) is 1.72. The van der Waals surface area contributed by atoms with Crippen LogP contribution < -0.4 is 5.73 Å². The molecule has 0 atom stereocenters. The first kappa shape index (κ1) is 12.2. The summed E-state index contributed by atoms with van der Waals surface area (Å²) in [6.45, 7) is 2.61. The van der Waals surface area contributed by atoms with E-state index in [1.54, 1.807) is 6.07 Å². The van der Waals surface area contributed by atoms with Crippen molar-refractivity contribution in [2.75, 3.05) is 5.73 Å². The minimum atomic E-state index is 0.408. The number of hydrogen-bond acceptors (Lipinski definition) is 4. The van der Waals surface area contributed by atoms with Crippen molar-refractivity contribution in [1.82, 2.24) is 19.3 Å². The number of aromatic nitrogens is 4. The van der Waals surface area contributed by atoms with Crippen molar-refractivity contribution < 1.29 is 0 Å². The van der Waals surface area contributed by atoms with Crippen LogP contribution in [0, 0.1) is 18.3 Å². The summed E-state index contributed by atoms with van der Waals surface area (Å²) in [5.41, 5.74) is 10.2. The van der Waals surface area contributed by atoms with E-state index in [9.17, 15) is 0 Å². The first-order valence-electron chi connectivity index (χ1n) is 6.24. The molecular formula is C14H14N6. The summed E-state index contributed by atoms with van der Waals surface area (Å²) in [5.74, 6) is 0.408. The Balaban J connectivity index is 2.15. The van der Waals surface area contributed by atoms with Gasteiger partial charge in [-0.15, -0.1) is 0 Å². The van der Waals surface area contributed by atoms with Crippen LogP contribution in [0.25, 0.3) is 11.0 Å². The zero-order chi connectivity index (χ0) is 14.3. The van der Waals surface area contributed by atoms with Gasteiger partial charge in [-0.05, 0) is 19.1 Å². The fourth-order valence-electron chi connectivity index (χ4n) is 2.29. The molecular weight excluding hydrogens is 252 g/mol. The summed E-state index contributed by atoms with van der Waals surface area (Å²) in [4.78, 5) is 4.31. The number of rotatable bonds is 2. The molecule has 0 bridgehead atoms. The van der Waals surface area contributed by atoms with E-state index < -0.39 is 0 Å². The smallest absolute Gasteiger partial charge is 0.201 e. The average Bonchev–Trinajstić information content (AvgIpc) is 2.93. The first-order chi connectivity index (χ1) is 9.61. The molecule has 0 saturated carbocycles. The summed E-state index contributed by atoms with van der Waals surface area (Å²) >= 11 is 0. The Kier molecular flexibility index (Phi) is 2.68. The standard InChI is InChI=1S/C14H14N6/c1-9-11(7-17-19(9)2)8-20-12-5-3-4-10(6-15)13(12)18-14(20)16/h3-5,7H,8H2,1-2H3,(H2,16,18). The summed E-state index contributed by atoms with van der Waals surface area (Å²) in [7, 11) is 1.90. The van der Waals surface area contributed by atoms with Gasteiger partial charge >= 0.3 is 0 Å². The molecule has 2 heterocycles. The lowest BCUT2D eigenvalue weighted by molar-refractivity contribution is 0.734. The lowest BCUT2D eigenvalue weighted by atomic mass is 10.2. The lowest BCUT2D eigenvalue weighted by Crippen LogP contribution is -2.05. The zero-order valence-corrected chi connectivity index (χ0v) is 11.3. The predicted molar refractivity (Wildman–Crippen MR) is 75.9 cm³/mol. The van der Waals surface area contributed by atoms with Crippen LogP contribution >= 0.6 is 0 Å². The number of nitrogens with zero attached hydrogens (tertiary/aromatic N) is 5. The van der Waals surface area contributed by atoms with E-state index in [2.05, 4.69) is 16.2 Å². The van der Waals surface area contributed by atoms with E-state index >= 15 is 0 Å². The fourth-order valence-corrected chi connectivity index (χ4v) is 2.29. The van der Waals surface area contributed by atoms with Crippen molar-refractivity contribution in [2.24, 2.45) is 7.05 Å². The largest absolute Gasteiger partial charge is 0.369 e. The molecule has 3 aromatic rings. The topological polar surface area (TPSA) is 85.4 Å². The van der Waals surface area contributed by atoms with Gasteiger partial charge in [0.05, 0.1) is 23.8 Å². The van der Waals surface area contributed by atoms with E-state index in [4.69, 9.17) is 11.0 Å². The van der Waals surface area contributed by atoms with Crippen LogP contribution in [0.4, 0.5) is 5.95 Å². The van der Waals surface area contributed by atoms with E-state index in [1.807, 2.05) is 41.5 Å². The number of anilines is 1. The minimum Gasteiger partial charge on any atom is -0.369 e. The molecule has 0 unspecified atom stereocenters. The number of hydrogen-bond donors (Lipinski definition) is 1. The van der Waals surface area contributed by atoms with Gasteiger partial charge in [0.25, 0.3) is 0 Å². The maximum Gasteiger partial charge on any atom is 0.201 e. The number of nitrogens with two attached hydrogens (primary N) is 1. The summed E-state index contributed by atoms with van der Waals surface area (Å²) in [5, 5.41) is 13.3. The highest BCUT2D eigenvalue weighted by atomic mass is 15.3. The van der Waals surface area contributed by atoms with Gasteiger partial charge in [0, 0.05) is 18.3 Å². The quantitative estimate of drug-likeness (QED) is 0.763. The zero-order valence-electron chi connectivity index (χ0n) is 11.3. The Morgan fingerprint density at radius 3 is 2.85 bits per heavy atom. The molecule has 2 aromatic heterocycles. The molecule has 2 N–H and O–H groups in total. The molecule has 1 aromatic carbocycles. The van der Waals surface area contributed by atoms with Crippen molar-refractivity contribution >= 4 is 17.0 Å². The Morgan fingerprint density at radius 2 is 2.20 bits per heavy atom. The monoisotopic (exact) mass is 266 g/mol. The number of imidazole rings is 1. The number of fused-ring (bicyclic) bond motifs is 1. The summed E-state index contributed by atoms with van der Waals surface area (Å²) < 4.78 is 3.73. The van der Waals surface area contributed by atoms with Crippen LogP contribution in [0.1, 0.15) is 16.8 Å². The van der Waals surface area contributed by atoms with Crippen molar-refractivity contribution in [3.63, 3.8) is 0 Å². The Morgan fingerprint density at radius 1 is 1.40 bits per heavy atom. The maximum absolute atomic E-state index is 9.12. The van der Waals surface area contributed by atoms with Gasteiger partial charge in [-0.3, -0.25) is 4.68 Å². The van der Waals surface area contributed by atoms with Gasteiger partial charge in [-0.25, -0.2) is 4.98 Å². The molecule has 0 aliphatic heterocycles. The van der Waals surface area contributed by atoms with Gasteiger partial charge in [-0.1, -0.05) is 6.07 Å². The molecule has 3 rings (SSSR count). The Hall–Kier alpha value is -2.81. The summed E-state index contributed by atoms with van der Waals surface area (Å²) in [6, 6.07) is 7.65. The van der Waals surface area contributed by atoms with Crippen LogP contribution in [0.15, 0.2) is 24.4 Å². The van der Waals surface area contributed by atoms with Crippen LogP contribution in [-0.4, -0.2) is 19.3 Å². The Bertz CT molecular complexity index is 833. The number of para-hydroxylation sites is 1. The molecule has 0 aliphatic rings. The Labute approximate surface area is 116 Å². The highest BCUT2D eigenvalue weighted by molar-refractivity contribution is 5.84. The van der Waals surface area contributed by atoms with Crippen LogP contribution in [0.2, 0.25) is 0 Å². The van der Waals surface area contributed by atoms with Crippen LogP contribution in [-0.2, 0) is 13.6 Å². The van der Waals surface area contributed by atoms with Crippen molar-refractivity contribution in [3.05, 3.63) is 41.2 Å². The van der Waals surface area contributed by atoms with Crippen LogP contribution in [0.5, 0.6) is 0 Å². The second-order valence-corrected chi connectivity index (χ2v) is 4.72. The van der Waals surface area contributed by atoms with Crippen LogP contribution in [0.3, 0.4) is 0 Å². The minimum absolute atomic E-state index is 0.408. The second-order valence-electron chi connectivity index (χ2n) is 4.72. The molecule has 100 valence electrons. The third-order valence-electron chi connectivity index (χ3n) is 3.59. The lowest BCUT2D eigenvalue weighted by Gasteiger charge is -2.06. The number of benzene rings is 1. The van der Waals surface area contributed by atoms with Crippen molar-refractivity contribution in [3.8, 4) is 6.07 Å². The molecule has 0 aliphatic carbocycles. The SMILES string of the molecule is Cc1c(Cn2c(N)nc3c(C#N)cccc32)cnn1C.